The van der Waals surface area contributed by atoms with Crippen molar-refractivity contribution in [3.8, 4) is 11.4 Å². The Balaban J connectivity index is 1.86. The van der Waals surface area contributed by atoms with Crippen molar-refractivity contribution in [1.29, 1.82) is 0 Å². The van der Waals surface area contributed by atoms with E-state index in [2.05, 4.69) is 57.3 Å². The summed E-state index contributed by atoms with van der Waals surface area (Å²) in [6, 6.07) is 8.13. The van der Waals surface area contributed by atoms with Crippen LogP contribution in [0.1, 0.15) is 18.9 Å². The summed E-state index contributed by atoms with van der Waals surface area (Å²) in [5.41, 5.74) is 4.30. The smallest absolute Gasteiger partial charge is 0.204 e. The van der Waals surface area contributed by atoms with Crippen molar-refractivity contribution in [2.75, 3.05) is 0 Å². The molecule has 0 saturated carbocycles. The molecule has 0 bridgehead atoms. The van der Waals surface area contributed by atoms with Gasteiger partial charge in [-0.05, 0) is 34.9 Å². The van der Waals surface area contributed by atoms with Gasteiger partial charge >= 0.3 is 0 Å². The zero-order valence-corrected chi connectivity index (χ0v) is 13.4. The predicted molar refractivity (Wildman–Crippen MR) is 94.6 cm³/mol. The fourth-order valence-electron chi connectivity index (χ4n) is 2.39. The number of benzene rings is 1. The first-order chi connectivity index (χ1) is 11.8. The zero-order valence-electron chi connectivity index (χ0n) is 13.4. The van der Waals surface area contributed by atoms with E-state index in [0.717, 1.165) is 23.2 Å². The second-order valence-corrected chi connectivity index (χ2v) is 5.12. The Morgan fingerprint density at radius 3 is 2.67 bits per heavy atom. The molecule has 0 spiro atoms. The Bertz CT molecular complexity index is 840. The molecule has 0 atom stereocenters. The van der Waals surface area contributed by atoms with Crippen LogP contribution < -0.4 is 0 Å². The standard InChI is InChI=1S/C18H18N6/c1-3-14(9-10-17(4-2)24-12-11-19-13-24)15-5-7-16(8-6-15)18-20-22-23-21-18/h4-13H,2-3H2,1H3,(H,20,21,22,23)/b14-9+,17-10+. The zero-order chi connectivity index (χ0) is 16.8. The van der Waals surface area contributed by atoms with Gasteiger partial charge in [-0.25, -0.2) is 4.98 Å². The summed E-state index contributed by atoms with van der Waals surface area (Å²) >= 11 is 0. The van der Waals surface area contributed by atoms with Gasteiger partial charge in [-0.15, -0.1) is 10.2 Å². The number of rotatable bonds is 6. The molecule has 0 unspecified atom stereocenters. The minimum Gasteiger partial charge on any atom is -0.306 e. The van der Waals surface area contributed by atoms with E-state index >= 15 is 0 Å². The molecule has 0 aliphatic heterocycles. The average molecular weight is 318 g/mol. The van der Waals surface area contributed by atoms with E-state index in [9.17, 15) is 0 Å². The normalized spacial score (nSPS) is 12.4. The third kappa shape index (κ3) is 3.38. The van der Waals surface area contributed by atoms with Crippen LogP contribution in [0.5, 0.6) is 0 Å². The summed E-state index contributed by atoms with van der Waals surface area (Å²) in [6.07, 6.45) is 12.3. The number of aromatic nitrogens is 6. The van der Waals surface area contributed by atoms with Crippen molar-refractivity contribution in [2.24, 2.45) is 0 Å². The number of tetrazole rings is 1. The van der Waals surface area contributed by atoms with Crippen LogP contribution in [0.15, 0.2) is 67.8 Å². The van der Waals surface area contributed by atoms with Crippen molar-refractivity contribution < 1.29 is 0 Å². The molecule has 0 amide bonds. The topological polar surface area (TPSA) is 72.3 Å². The summed E-state index contributed by atoms with van der Waals surface area (Å²) in [4.78, 5) is 4.06. The minimum atomic E-state index is 0.595. The molecular weight excluding hydrogens is 300 g/mol. The van der Waals surface area contributed by atoms with Crippen LogP contribution in [0, 0.1) is 0 Å². The largest absolute Gasteiger partial charge is 0.306 e. The number of hydrogen-bond acceptors (Lipinski definition) is 4. The van der Waals surface area contributed by atoms with Crippen LogP contribution in [0.3, 0.4) is 0 Å². The fraction of sp³-hybridized carbons (Fsp3) is 0.111. The Morgan fingerprint density at radius 1 is 1.25 bits per heavy atom. The first-order valence-corrected chi connectivity index (χ1v) is 7.67. The second-order valence-electron chi connectivity index (χ2n) is 5.12. The van der Waals surface area contributed by atoms with E-state index in [4.69, 9.17) is 0 Å². The molecule has 24 heavy (non-hydrogen) atoms. The molecule has 6 nitrogen and oxygen atoms in total. The molecule has 1 aromatic carbocycles. The number of hydrogen-bond donors (Lipinski definition) is 1. The van der Waals surface area contributed by atoms with Gasteiger partial charge in [0.15, 0.2) is 0 Å². The lowest BCUT2D eigenvalue weighted by Crippen LogP contribution is -1.90. The van der Waals surface area contributed by atoms with Crippen LogP contribution >= 0.6 is 0 Å². The van der Waals surface area contributed by atoms with E-state index in [1.165, 1.54) is 5.57 Å². The van der Waals surface area contributed by atoms with E-state index in [-0.39, 0.29) is 0 Å². The molecule has 120 valence electrons. The highest BCUT2D eigenvalue weighted by atomic mass is 15.5. The Hall–Kier alpha value is -3.28. The average Bonchev–Trinajstić information content (AvgIpc) is 3.33. The number of imidazole rings is 1. The maximum Gasteiger partial charge on any atom is 0.204 e. The highest BCUT2D eigenvalue weighted by Crippen LogP contribution is 2.22. The molecular formula is C18H18N6. The molecule has 0 radical (unpaired) electrons. The Kier molecular flexibility index (Phi) is 4.76. The van der Waals surface area contributed by atoms with E-state index in [0.29, 0.717) is 5.82 Å². The van der Waals surface area contributed by atoms with Gasteiger partial charge < -0.3 is 4.57 Å². The van der Waals surface area contributed by atoms with Gasteiger partial charge in [0.25, 0.3) is 0 Å². The van der Waals surface area contributed by atoms with E-state index < -0.39 is 0 Å². The molecule has 3 rings (SSSR count). The number of aromatic amines is 1. The third-order valence-electron chi connectivity index (χ3n) is 3.71. The van der Waals surface area contributed by atoms with Gasteiger partial charge in [0.2, 0.25) is 5.82 Å². The molecule has 0 saturated heterocycles. The Labute approximate surface area is 140 Å². The second kappa shape index (κ2) is 7.32. The summed E-state index contributed by atoms with van der Waals surface area (Å²) in [5.74, 6) is 0.595. The van der Waals surface area contributed by atoms with Crippen molar-refractivity contribution in [3.05, 3.63) is 73.4 Å². The van der Waals surface area contributed by atoms with Crippen molar-refractivity contribution in [1.82, 2.24) is 30.2 Å². The summed E-state index contributed by atoms with van der Waals surface area (Å²) < 4.78 is 1.93. The fourth-order valence-corrected chi connectivity index (χ4v) is 2.39. The lowest BCUT2D eigenvalue weighted by atomic mass is 10.0. The SMILES string of the molecule is C=C/C(=C\C=C(/CC)c1ccc(-c2nn[nH]n2)cc1)n1ccnc1. The first kappa shape index (κ1) is 15.6. The third-order valence-corrected chi connectivity index (χ3v) is 3.71. The lowest BCUT2D eigenvalue weighted by Gasteiger charge is -2.06. The molecule has 0 aliphatic carbocycles. The molecule has 3 aromatic rings. The van der Waals surface area contributed by atoms with Crippen LogP contribution in [-0.4, -0.2) is 30.2 Å². The lowest BCUT2D eigenvalue weighted by molar-refractivity contribution is 0.881. The molecule has 2 heterocycles. The van der Waals surface area contributed by atoms with Gasteiger partial charge in [-0.1, -0.05) is 43.8 Å². The van der Waals surface area contributed by atoms with Gasteiger partial charge in [-0.3, -0.25) is 0 Å². The summed E-state index contributed by atoms with van der Waals surface area (Å²) in [7, 11) is 0. The maximum absolute atomic E-state index is 4.06. The summed E-state index contributed by atoms with van der Waals surface area (Å²) in [5, 5.41) is 14.0. The van der Waals surface area contributed by atoms with Crippen molar-refractivity contribution >= 4 is 11.3 Å². The highest BCUT2D eigenvalue weighted by Gasteiger charge is 2.04. The minimum absolute atomic E-state index is 0.595. The molecule has 0 fully saturated rings. The predicted octanol–water partition coefficient (Wildman–Crippen LogP) is 3.58. The van der Waals surface area contributed by atoms with Gasteiger partial charge in [0.1, 0.15) is 0 Å². The maximum atomic E-state index is 4.06. The van der Waals surface area contributed by atoms with Crippen LogP contribution in [-0.2, 0) is 0 Å². The van der Waals surface area contributed by atoms with Crippen LogP contribution in [0.25, 0.3) is 22.7 Å². The molecule has 1 N–H and O–H groups in total. The monoisotopic (exact) mass is 318 g/mol. The van der Waals surface area contributed by atoms with Gasteiger partial charge in [-0.2, -0.15) is 5.21 Å². The number of nitrogens with one attached hydrogen (secondary N) is 1. The Morgan fingerprint density at radius 2 is 2.08 bits per heavy atom. The molecule has 0 aliphatic rings. The molecule has 6 heteroatoms. The number of H-pyrrole nitrogens is 1. The highest BCUT2D eigenvalue weighted by molar-refractivity contribution is 5.71. The molecule has 2 aromatic heterocycles. The van der Waals surface area contributed by atoms with Crippen molar-refractivity contribution in [3.63, 3.8) is 0 Å². The first-order valence-electron chi connectivity index (χ1n) is 7.67. The van der Waals surface area contributed by atoms with Gasteiger partial charge in [0.05, 0.1) is 6.33 Å². The quantitative estimate of drug-likeness (QED) is 0.705. The van der Waals surface area contributed by atoms with Crippen LogP contribution in [0.4, 0.5) is 0 Å². The number of allylic oxidation sites excluding steroid dienone is 5. The number of nitrogens with zero attached hydrogens (tertiary/aromatic N) is 5. The summed E-state index contributed by atoms with van der Waals surface area (Å²) in [6.45, 7) is 6.00. The van der Waals surface area contributed by atoms with Crippen LogP contribution in [0.2, 0.25) is 0 Å². The van der Waals surface area contributed by atoms with Gasteiger partial charge in [0, 0.05) is 23.7 Å². The van der Waals surface area contributed by atoms with E-state index in [1.807, 2.05) is 35.0 Å². The van der Waals surface area contributed by atoms with Crippen molar-refractivity contribution in [2.45, 2.75) is 13.3 Å². The van der Waals surface area contributed by atoms with E-state index in [1.54, 1.807) is 12.5 Å².